The predicted molar refractivity (Wildman–Crippen MR) is 75.6 cm³/mol. The van der Waals surface area contributed by atoms with Crippen molar-refractivity contribution in [3.05, 3.63) is 29.3 Å². The number of amides is 2. The summed E-state index contributed by atoms with van der Waals surface area (Å²) in [6.07, 6.45) is 6.11. The van der Waals surface area contributed by atoms with Crippen LogP contribution in [0, 0.1) is 26.2 Å². The number of para-hydroxylation sites is 1. The molecule has 0 unspecified atom stereocenters. The minimum Gasteiger partial charge on any atom is -0.322 e. The van der Waals surface area contributed by atoms with Gasteiger partial charge in [0.05, 0.1) is 5.54 Å². The number of urea groups is 1. The van der Waals surface area contributed by atoms with Crippen LogP contribution in [-0.4, -0.2) is 11.6 Å². The van der Waals surface area contributed by atoms with Gasteiger partial charge in [0, 0.05) is 5.69 Å². The van der Waals surface area contributed by atoms with Gasteiger partial charge in [-0.15, -0.1) is 6.42 Å². The molecule has 0 heterocycles. The van der Waals surface area contributed by atoms with Crippen molar-refractivity contribution in [2.75, 3.05) is 5.32 Å². The summed E-state index contributed by atoms with van der Waals surface area (Å²) in [5.74, 6) is 2.60. The average molecular weight is 244 g/mol. The topological polar surface area (TPSA) is 41.1 Å². The number of benzene rings is 1. The molecule has 0 saturated carbocycles. The molecule has 0 aromatic heterocycles. The van der Waals surface area contributed by atoms with E-state index < -0.39 is 5.54 Å². The highest BCUT2D eigenvalue weighted by Gasteiger charge is 2.21. The largest absolute Gasteiger partial charge is 0.322 e. The van der Waals surface area contributed by atoms with Gasteiger partial charge in [-0.05, 0) is 38.3 Å². The molecule has 0 radical (unpaired) electrons. The fraction of sp³-hybridized carbons (Fsp3) is 0.400. The molecule has 2 N–H and O–H groups in total. The van der Waals surface area contributed by atoms with Gasteiger partial charge in [0.1, 0.15) is 0 Å². The summed E-state index contributed by atoms with van der Waals surface area (Å²) in [6.45, 7) is 7.70. The standard InChI is InChI=1S/C15H20N2O/c1-6-15(5,7-2)17-14(18)16-13-11(3)9-8-10-12(13)4/h1,8-10H,7H2,2-5H3,(H2,16,17,18)/t15-/m1/s1. The fourth-order valence-electron chi connectivity index (χ4n) is 1.63. The Balaban J connectivity index is 2.81. The molecule has 0 aliphatic heterocycles. The molecular weight excluding hydrogens is 224 g/mol. The second-order valence-electron chi connectivity index (χ2n) is 4.68. The minimum absolute atomic E-state index is 0.269. The van der Waals surface area contributed by atoms with Crippen LogP contribution in [0.3, 0.4) is 0 Å². The summed E-state index contributed by atoms with van der Waals surface area (Å²) in [4.78, 5) is 11.9. The van der Waals surface area contributed by atoms with Crippen LogP contribution in [0.15, 0.2) is 18.2 Å². The van der Waals surface area contributed by atoms with Crippen LogP contribution in [0.25, 0.3) is 0 Å². The smallest absolute Gasteiger partial charge is 0.320 e. The molecule has 2 amide bonds. The Bertz CT molecular complexity index is 468. The van der Waals surface area contributed by atoms with E-state index in [0.717, 1.165) is 16.8 Å². The molecule has 3 heteroatoms. The molecule has 0 aliphatic carbocycles. The summed E-state index contributed by atoms with van der Waals surface area (Å²) in [5, 5.41) is 5.67. The Morgan fingerprint density at radius 1 is 1.39 bits per heavy atom. The molecule has 1 aromatic carbocycles. The molecule has 0 aliphatic rings. The van der Waals surface area contributed by atoms with Crippen LogP contribution < -0.4 is 10.6 Å². The summed E-state index contributed by atoms with van der Waals surface area (Å²) in [6, 6.07) is 5.62. The van der Waals surface area contributed by atoms with E-state index in [-0.39, 0.29) is 6.03 Å². The van der Waals surface area contributed by atoms with E-state index in [9.17, 15) is 4.79 Å². The lowest BCUT2D eigenvalue weighted by Crippen LogP contribution is -2.46. The van der Waals surface area contributed by atoms with E-state index in [1.54, 1.807) is 0 Å². The molecule has 1 atom stereocenters. The number of nitrogens with one attached hydrogen (secondary N) is 2. The Kier molecular flexibility index (Phi) is 4.38. The van der Waals surface area contributed by atoms with Gasteiger partial charge in [0.2, 0.25) is 0 Å². The highest BCUT2D eigenvalue weighted by atomic mass is 16.2. The van der Waals surface area contributed by atoms with E-state index in [4.69, 9.17) is 6.42 Å². The van der Waals surface area contributed by atoms with Gasteiger partial charge in [0.25, 0.3) is 0 Å². The first-order valence-corrected chi connectivity index (χ1v) is 6.05. The molecule has 1 rings (SSSR count). The average Bonchev–Trinajstić information content (AvgIpc) is 2.34. The second-order valence-corrected chi connectivity index (χ2v) is 4.68. The van der Waals surface area contributed by atoms with Crippen LogP contribution in [0.1, 0.15) is 31.4 Å². The van der Waals surface area contributed by atoms with Gasteiger partial charge in [-0.2, -0.15) is 0 Å². The molecule has 0 fully saturated rings. The van der Waals surface area contributed by atoms with Crippen LogP contribution in [-0.2, 0) is 0 Å². The zero-order valence-corrected chi connectivity index (χ0v) is 11.4. The van der Waals surface area contributed by atoms with Gasteiger partial charge in [-0.25, -0.2) is 4.79 Å². The van der Waals surface area contributed by atoms with Gasteiger partial charge < -0.3 is 10.6 Å². The number of anilines is 1. The molecule has 0 spiro atoms. The van der Waals surface area contributed by atoms with E-state index in [0.29, 0.717) is 6.42 Å². The van der Waals surface area contributed by atoms with Crippen molar-refractivity contribution < 1.29 is 4.79 Å². The normalized spacial score (nSPS) is 13.3. The maximum atomic E-state index is 11.9. The number of carbonyl (C=O) groups excluding carboxylic acids is 1. The summed E-state index contributed by atoms with van der Waals surface area (Å²) in [5.41, 5.74) is 2.29. The van der Waals surface area contributed by atoms with Crippen molar-refractivity contribution in [3.63, 3.8) is 0 Å². The Hall–Kier alpha value is -1.95. The molecule has 1 aromatic rings. The number of hydrogen-bond donors (Lipinski definition) is 2. The maximum absolute atomic E-state index is 11.9. The van der Waals surface area contributed by atoms with Crippen molar-refractivity contribution in [3.8, 4) is 12.3 Å². The molecule has 96 valence electrons. The van der Waals surface area contributed by atoms with E-state index in [2.05, 4.69) is 16.6 Å². The first-order valence-electron chi connectivity index (χ1n) is 6.05. The van der Waals surface area contributed by atoms with Crippen molar-refractivity contribution in [1.29, 1.82) is 0 Å². The van der Waals surface area contributed by atoms with Gasteiger partial charge in [-0.1, -0.05) is 31.0 Å². The van der Waals surface area contributed by atoms with Crippen molar-refractivity contribution in [2.45, 2.75) is 39.7 Å². The quantitative estimate of drug-likeness (QED) is 0.787. The van der Waals surface area contributed by atoms with Gasteiger partial charge in [-0.3, -0.25) is 0 Å². The molecule has 3 nitrogen and oxygen atoms in total. The van der Waals surface area contributed by atoms with Crippen LogP contribution in [0.2, 0.25) is 0 Å². The number of hydrogen-bond acceptors (Lipinski definition) is 1. The van der Waals surface area contributed by atoms with Gasteiger partial charge in [0.15, 0.2) is 0 Å². The van der Waals surface area contributed by atoms with E-state index in [1.165, 1.54) is 0 Å². The van der Waals surface area contributed by atoms with Crippen molar-refractivity contribution >= 4 is 11.7 Å². The second kappa shape index (κ2) is 5.59. The van der Waals surface area contributed by atoms with E-state index >= 15 is 0 Å². The first kappa shape index (κ1) is 14.1. The number of terminal acetylenes is 1. The summed E-state index contributed by atoms with van der Waals surface area (Å²) >= 11 is 0. The lowest BCUT2D eigenvalue weighted by atomic mass is 10.0. The predicted octanol–water partition coefficient (Wildman–Crippen LogP) is 3.23. The zero-order chi connectivity index (χ0) is 13.8. The Morgan fingerprint density at radius 3 is 2.39 bits per heavy atom. The monoisotopic (exact) mass is 244 g/mol. The molecule has 18 heavy (non-hydrogen) atoms. The lowest BCUT2D eigenvalue weighted by Gasteiger charge is -2.24. The third-order valence-electron chi connectivity index (χ3n) is 3.13. The molecular formula is C15H20N2O. The third-order valence-corrected chi connectivity index (χ3v) is 3.13. The zero-order valence-electron chi connectivity index (χ0n) is 11.4. The van der Waals surface area contributed by atoms with Crippen LogP contribution >= 0.6 is 0 Å². The van der Waals surface area contributed by atoms with Crippen molar-refractivity contribution in [2.24, 2.45) is 0 Å². The summed E-state index contributed by atoms with van der Waals surface area (Å²) in [7, 11) is 0. The maximum Gasteiger partial charge on any atom is 0.320 e. The highest BCUT2D eigenvalue weighted by Crippen LogP contribution is 2.19. The number of rotatable bonds is 3. The lowest BCUT2D eigenvalue weighted by molar-refractivity contribution is 0.245. The SMILES string of the molecule is C#C[C@](C)(CC)NC(=O)Nc1c(C)cccc1C. The highest BCUT2D eigenvalue weighted by molar-refractivity contribution is 5.91. The number of aryl methyl sites for hydroxylation is 2. The first-order chi connectivity index (χ1) is 8.41. The number of carbonyl (C=O) groups is 1. The van der Waals surface area contributed by atoms with Crippen LogP contribution in [0.5, 0.6) is 0 Å². The fourth-order valence-corrected chi connectivity index (χ4v) is 1.63. The minimum atomic E-state index is -0.610. The molecule has 0 bridgehead atoms. The molecule has 0 saturated heterocycles. The van der Waals surface area contributed by atoms with Crippen LogP contribution in [0.4, 0.5) is 10.5 Å². The van der Waals surface area contributed by atoms with Gasteiger partial charge >= 0.3 is 6.03 Å². The Morgan fingerprint density at radius 2 is 1.94 bits per heavy atom. The van der Waals surface area contributed by atoms with E-state index in [1.807, 2.05) is 45.9 Å². The Labute approximate surface area is 109 Å². The summed E-state index contributed by atoms with van der Waals surface area (Å²) < 4.78 is 0. The van der Waals surface area contributed by atoms with Crippen molar-refractivity contribution in [1.82, 2.24) is 5.32 Å². The third kappa shape index (κ3) is 3.27.